The van der Waals surface area contributed by atoms with E-state index in [-0.39, 0.29) is 22.9 Å². The Morgan fingerprint density at radius 3 is 2.23 bits per heavy atom. The molecule has 1 aliphatic rings. The van der Waals surface area contributed by atoms with Crippen molar-refractivity contribution in [3.63, 3.8) is 0 Å². The summed E-state index contributed by atoms with van der Waals surface area (Å²) in [5.41, 5.74) is 0.888. The lowest BCUT2D eigenvalue weighted by atomic mass is 9.95. The van der Waals surface area contributed by atoms with E-state index >= 15 is 0 Å². The Kier molecular flexibility index (Phi) is 7.50. The van der Waals surface area contributed by atoms with Crippen molar-refractivity contribution in [3.8, 4) is 5.75 Å². The molecule has 1 saturated carbocycles. The maximum Gasteiger partial charge on any atom is 0.260 e. The zero-order valence-corrected chi connectivity index (χ0v) is 18.3. The molecule has 0 unspecified atom stereocenters. The van der Waals surface area contributed by atoms with Crippen LogP contribution in [0.5, 0.6) is 5.75 Å². The highest BCUT2D eigenvalue weighted by molar-refractivity contribution is 7.89. The molecule has 7 heteroatoms. The highest BCUT2D eigenvalue weighted by atomic mass is 32.2. The van der Waals surface area contributed by atoms with Crippen LogP contribution in [-0.4, -0.2) is 26.5 Å². The summed E-state index contributed by atoms with van der Waals surface area (Å²) >= 11 is 0. The first-order valence-corrected chi connectivity index (χ1v) is 12.0. The molecule has 6 nitrogen and oxygen atoms in total. The van der Waals surface area contributed by atoms with Crippen LogP contribution in [0.2, 0.25) is 0 Å². The van der Waals surface area contributed by atoms with Crippen LogP contribution in [-0.2, 0) is 14.8 Å². The van der Waals surface area contributed by atoms with Gasteiger partial charge in [-0.1, -0.05) is 49.6 Å². The number of hydrogen-bond donors (Lipinski definition) is 2. The molecule has 0 heterocycles. The first-order chi connectivity index (χ1) is 14.3. The maximum atomic E-state index is 12.7. The average molecular weight is 431 g/mol. The highest BCUT2D eigenvalue weighted by Gasteiger charge is 2.22. The molecule has 2 aromatic carbocycles. The number of carbonyl (C=O) groups is 1. The second-order valence-corrected chi connectivity index (χ2v) is 9.54. The zero-order chi connectivity index (χ0) is 21.6. The first kappa shape index (κ1) is 22.3. The Balaban J connectivity index is 1.57. The van der Waals surface area contributed by atoms with Crippen molar-refractivity contribution in [2.45, 2.75) is 69.0 Å². The number of hydrogen-bond acceptors (Lipinski definition) is 4. The number of nitrogens with one attached hydrogen (secondary N) is 2. The molecule has 0 saturated heterocycles. The van der Waals surface area contributed by atoms with E-state index in [1.165, 1.54) is 18.6 Å². The van der Waals surface area contributed by atoms with Gasteiger partial charge in [0.1, 0.15) is 5.75 Å². The lowest BCUT2D eigenvalue weighted by molar-refractivity contribution is -0.128. The van der Waals surface area contributed by atoms with Crippen molar-refractivity contribution in [1.82, 2.24) is 10.0 Å². The molecule has 1 aliphatic carbocycles. The Bertz CT molecular complexity index is 923. The third kappa shape index (κ3) is 6.06. The van der Waals surface area contributed by atoms with E-state index in [0.717, 1.165) is 31.2 Å². The number of benzene rings is 2. The summed E-state index contributed by atoms with van der Waals surface area (Å²) in [6.45, 7) is 3.50. The zero-order valence-electron chi connectivity index (χ0n) is 17.5. The van der Waals surface area contributed by atoms with Crippen LogP contribution in [0, 0.1) is 0 Å². The van der Waals surface area contributed by atoms with Crippen LogP contribution in [0.15, 0.2) is 59.5 Å². The molecular formula is C23H30N2O4S. The molecule has 0 aliphatic heterocycles. The van der Waals surface area contributed by atoms with E-state index < -0.39 is 16.1 Å². The van der Waals surface area contributed by atoms with E-state index in [2.05, 4.69) is 10.0 Å². The number of ether oxygens (including phenoxy) is 1. The van der Waals surface area contributed by atoms with Crippen molar-refractivity contribution in [2.75, 3.05) is 0 Å². The molecule has 2 aromatic rings. The third-order valence-electron chi connectivity index (χ3n) is 5.40. The van der Waals surface area contributed by atoms with Crippen molar-refractivity contribution in [1.29, 1.82) is 0 Å². The molecular weight excluding hydrogens is 400 g/mol. The van der Waals surface area contributed by atoms with Gasteiger partial charge >= 0.3 is 0 Å². The van der Waals surface area contributed by atoms with Gasteiger partial charge in [0.25, 0.3) is 5.91 Å². The van der Waals surface area contributed by atoms with Gasteiger partial charge in [-0.05, 0) is 56.5 Å². The molecule has 0 radical (unpaired) electrons. The van der Waals surface area contributed by atoms with E-state index in [4.69, 9.17) is 4.74 Å². The fourth-order valence-electron chi connectivity index (χ4n) is 3.63. The molecule has 30 heavy (non-hydrogen) atoms. The van der Waals surface area contributed by atoms with Crippen molar-refractivity contribution in [3.05, 3.63) is 60.2 Å². The summed E-state index contributed by atoms with van der Waals surface area (Å²) in [7, 11) is -3.67. The van der Waals surface area contributed by atoms with Crippen molar-refractivity contribution >= 4 is 15.9 Å². The molecule has 2 N–H and O–H groups in total. The minimum atomic E-state index is -3.67. The fraction of sp³-hybridized carbons (Fsp3) is 0.435. The Morgan fingerprint density at radius 1 is 0.967 bits per heavy atom. The number of amides is 1. The van der Waals surface area contributed by atoms with E-state index in [9.17, 15) is 13.2 Å². The number of rotatable bonds is 8. The standard InChI is InChI=1S/C23H30N2O4S/c1-17(19-9-5-3-6-10-19)25-30(27,28)22-15-13-21(14-16-22)29-18(2)23(26)24-20-11-7-4-8-12-20/h3,5-6,9-10,13-18,20,25H,4,7-8,11-12H2,1-2H3,(H,24,26)/t17-,18+/m0/s1. The molecule has 0 spiro atoms. The SMILES string of the molecule is C[C@H](NS(=O)(=O)c1ccc(O[C@H](C)C(=O)NC2CCCCC2)cc1)c1ccccc1. The topological polar surface area (TPSA) is 84.5 Å². The smallest absolute Gasteiger partial charge is 0.260 e. The van der Waals surface area contributed by atoms with Gasteiger partial charge in [-0.15, -0.1) is 0 Å². The molecule has 1 amide bonds. The largest absolute Gasteiger partial charge is 0.481 e. The quantitative estimate of drug-likeness (QED) is 0.664. The summed E-state index contributed by atoms with van der Waals surface area (Å²) in [5, 5.41) is 3.04. The van der Waals surface area contributed by atoms with Crippen LogP contribution < -0.4 is 14.8 Å². The minimum Gasteiger partial charge on any atom is -0.481 e. The summed E-state index contributed by atoms with van der Waals surface area (Å²) in [4.78, 5) is 12.5. The van der Waals surface area contributed by atoms with Crippen molar-refractivity contribution < 1.29 is 17.9 Å². The fourth-order valence-corrected chi connectivity index (χ4v) is 4.86. The Morgan fingerprint density at radius 2 is 1.60 bits per heavy atom. The Labute approximate surface area is 179 Å². The third-order valence-corrected chi connectivity index (χ3v) is 6.96. The average Bonchev–Trinajstić information content (AvgIpc) is 2.75. The van der Waals surface area contributed by atoms with Gasteiger partial charge in [0.15, 0.2) is 6.10 Å². The minimum absolute atomic E-state index is 0.142. The first-order valence-electron chi connectivity index (χ1n) is 10.5. The molecule has 162 valence electrons. The van der Waals surface area contributed by atoms with Gasteiger partial charge in [-0.2, -0.15) is 0 Å². The Hall–Kier alpha value is -2.38. The molecule has 2 atom stereocenters. The number of carbonyl (C=O) groups excluding carboxylic acids is 1. The summed E-state index contributed by atoms with van der Waals surface area (Å²) < 4.78 is 33.7. The second-order valence-electron chi connectivity index (χ2n) is 7.83. The molecule has 0 aromatic heterocycles. The summed E-state index contributed by atoms with van der Waals surface area (Å²) in [6, 6.07) is 15.4. The predicted octanol–water partition coefficient (Wildman–Crippen LogP) is 3.94. The van der Waals surface area contributed by atoms with Gasteiger partial charge in [-0.25, -0.2) is 13.1 Å². The second kappa shape index (κ2) is 10.1. The molecule has 3 rings (SSSR count). The monoisotopic (exact) mass is 430 g/mol. The lowest BCUT2D eigenvalue weighted by Gasteiger charge is -2.24. The van der Waals surface area contributed by atoms with Crippen LogP contribution in [0.1, 0.15) is 57.6 Å². The van der Waals surface area contributed by atoms with Gasteiger partial charge < -0.3 is 10.1 Å². The summed E-state index contributed by atoms with van der Waals surface area (Å²) in [6.07, 6.45) is 4.90. The van der Waals surface area contributed by atoms with E-state index in [1.54, 1.807) is 26.0 Å². The van der Waals surface area contributed by atoms with Crippen LogP contribution in [0.3, 0.4) is 0 Å². The lowest BCUT2D eigenvalue weighted by Crippen LogP contribution is -2.43. The maximum absolute atomic E-state index is 12.7. The summed E-state index contributed by atoms with van der Waals surface area (Å²) in [5.74, 6) is 0.313. The van der Waals surface area contributed by atoms with E-state index in [0.29, 0.717) is 5.75 Å². The highest BCUT2D eigenvalue weighted by Crippen LogP contribution is 2.21. The molecule has 1 fully saturated rings. The predicted molar refractivity (Wildman–Crippen MR) is 117 cm³/mol. The number of sulfonamides is 1. The normalized spacial score (nSPS) is 17.1. The van der Waals surface area contributed by atoms with E-state index in [1.807, 2.05) is 30.3 Å². The van der Waals surface area contributed by atoms with Crippen LogP contribution in [0.4, 0.5) is 0 Å². The van der Waals surface area contributed by atoms with Gasteiger partial charge in [0, 0.05) is 12.1 Å². The van der Waals surface area contributed by atoms with Crippen molar-refractivity contribution in [2.24, 2.45) is 0 Å². The van der Waals surface area contributed by atoms with Gasteiger partial charge in [0.05, 0.1) is 4.90 Å². The van der Waals surface area contributed by atoms with Crippen LogP contribution in [0.25, 0.3) is 0 Å². The van der Waals surface area contributed by atoms with Gasteiger partial charge in [-0.3, -0.25) is 4.79 Å². The molecule has 0 bridgehead atoms. The van der Waals surface area contributed by atoms with Crippen LogP contribution >= 0.6 is 0 Å². The van der Waals surface area contributed by atoms with Gasteiger partial charge in [0.2, 0.25) is 10.0 Å².